The summed E-state index contributed by atoms with van der Waals surface area (Å²) >= 11 is 0. The molecule has 0 radical (unpaired) electrons. The van der Waals surface area contributed by atoms with Crippen molar-refractivity contribution in [2.45, 2.75) is 39.7 Å². The van der Waals surface area contributed by atoms with E-state index in [0.29, 0.717) is 6.54 Å². The molecule has 1 aliphatic rings. The van der Waals surface area contributed by atoms with Crippen LogP contribution in [0.2, 0.25) is 0 Å². The molecule has 174 valence electrons. The number of amides is 1. The maximum atomic E-state index is 12.9. The summed E-state index contributed by atoms with van der Waals surface area (Å²) in [4.78, 5) is 25.6. The van der Waals surface area contributed by atoms with Gasteiger partial charge in [-0.15, -0.1) is 0 Å². The number of hydrogen-bond acceptors (Lipinski definition) is 4. The van der Waals surface area contributed by atoms with Crippen LogP contribution in [-0.4, -0.2) is 58.4 Å². The summed E-state index contributed by atoms with van der Waals surface area (Å²) in [5.74, 6) is 0.998. The zero-order valence-electron chi connectivity index (χ0n) is 19.8. The van der Waals surface area contributed by atoms with Crippen molar-refractivity contribution >= 4 is 11.6 Å². The first-order valence-corrected chi connectivity index (χ1v) is 12.1. The third-order valence-corrected chi connectivity index (χ3v) is 6.38. The molecule has 0 bridgehead atoms. The number of nitrogens with zero attached hydrogens (tertiary/aromatic N) is 3. The van der Waals surface area contributed by atoms with Gasteiger partial charge in [0.05, 0.1) is 6.54 Å². The average molecular weight is 446 g/mol. The van der Waals surface area contributed by atoms with E-state index in [1.54, 1.807) is 0 Å². The molecule has 1 aromatic heterocycles. The molecule has 33 heavy (non-hydrogen) atoms. The van der Waals surface area contributed by atoms with Gasteiger partial charge in [0, 0.05) is 42.8 Å². The van der Waals surface area contributed by atoms with Crippen molar-refractivity contribution in [3.8, 4) is 11.4 Å². The maximum Gasteiger partial charge on any atom is 0.238 e. The van der Waals surface area contributed by atoms with Crippen LogP contribution >= 0.6 is 0 Å². The van der Waals surface area contributed by atoms with E-state index >= 15 is 0 Å². The van der Waals surface area contributed by atoms with E-state index in [4.69, 9.17) is 0 Å². The topological polar surface area (TPSA) is 64.3 Å². The quantitative estimate of drug-likeness (QED) is 0.541. The number of benzene rings is 2. The Kier molecular flexibility index (Phi) is 7.92. The fourth-order valence-corrected chi connectivity index (χ4v) is 4.55. The third kappa shape index (κ3) is 6.09. The monoisotopic (exact) mass is 445 g/mol. The predicted octanol–water partition coefficient (Wildman–Crippen LogP) is 4.35. The minimum absolute atomic E-state index is 0.0834. The Bertz CT molecular complexity index is 1020. The van der Waals surface area contributed by atoms with Crippen LogP contribution in [0.15, 0.2) is 54.7 Å². The van der Waals surface area contributed by atoms with E-state index in [2.05, 4.69) is 69.3 Å². The van der Waals surface area contributed by atoms with Gasteiger partial charge in [-0.25, -0.2) is 4.98 Å². The second kappa shape index (κ2) is 11.3. The zero-order chi connectivity index (χ0) is 23.0. The van der Waals surface area contributed by atoms with Crippen molar-refractivity contribution < 1.29 is 4.79 Å². The number of para-hydroxylation sites is 1. The van der Waals surface area contributed by atoms with E-state index in [1.807, 2.05) is 24.4 Å². The van der Waals surface area contributed by atoms with Crippen LogP contribution in [0.3, 0.4) is 0 Å². The lowest BCUT2D eigenvalue weighted by molar-refractivity contribution is -0.117. The van der Waals surface area contributed by atoms with Crippen molar-refractivity contribution in [3.05, 3.63) is 71.5 Å². The number of hydrogen-bond donors (Lipinski definition) is 2. The van der Waals surface area contributed by atoms with Gasteiger partial charge < -0.3 is 10.3 Å². The average Bonchev–Trinajstić information content (AvgIpc) is 3.20. The highest BCUT2D eigenvalue weighted by atomic mass is 16.2. The van der Waals surface area contributed by atoms with Gasteiger partial charge >= 0.3 is 0 Å². The standard InChI is InChI=1S/C27H35N5O/c1-3-21-12-8-13-22(4-2)26(21)30-25(33)20-32-15-9-14-31(16-17-32)19-24-18-28-27(29-24)23-10-6-5-7-11-23/h5-8,10-13,18H,3-4,9,14-17,19-20H2,1-2H3,(H,28,29)(H,30,33). The molecule has 1 saturated heterocycles. The highest BCUT2D eigenvalue weighted by Crippen LogP contribution is 2.22. The summed E-state index contributed by atoms with van der Waals surface area (Å²) in [6.45, 7) is 9.37. The number of rotatable bonds is 8. The Morgan fingerprint density at radius 2 is 1.64 bits per heavy atom. The summed E-state index contributed by atoms with van der Waals surface area (Å²) in [5.41, 5.74) is 5.66. The number of aryl methyl sites for hydroxylation is 2. The molecule has 0 atom stereocenters. The SMILES string of the molecule is CCc1cccc(CC)c1NC(=O)CN1CCCN(Cc2cnc(-c3ccccc3)[nH]2)CC1. The molecule has 1 amide bonds. The summed E-state index contributed by atoms with van der Waals surface area (Å²) in [5, 5.41) is 3.21. The Morgan fingerprint density at radius 1 is 0.939 bits per heavy atom. The number of aromatic amines is 1. The molecule has 0 unspecified atom stereocenters. The lowest BCUT2D eigenvalue weighted by Crippen LogP contribution is -2.36. The fraction of sp³-hybridized carbons (Fsp3) is 0.407. The van der Waals surface area contributed by atoms with E-state index < -0.39 is 0 Å². The number of nitrogens with one attached hydrogen (secondary N) is 2. The van der Waals surface area contributed by atoms with Crippen molar-refractivity contribution in [1.29, 1.82) is 0 Å². The Morgan fingerprint density at radius 3 is 2.36 bits per heavy atom. The van der Waals surface area contributed by atoms with Crippen LogP contribution < -0.4 is 5.32 Å². The second-order valence-electron chi connectivity index (χ2n) is 8.74. The van der Waals surface area contributed by atoms with E-state index in [-0.39, 0.29) is 5.91 Å². The van der Waals surface area contributed by atoms with Crippen molar-refractivity contribution in [2.75, 3.05) is 38.0 Å². The van der Waals surface area contributed by atoms with E-state index in [1.165, 1.54) is 11.1 Å². The van der Waals surface area contributed by atoms with Gasteiger partial charge in [0.2, 0.25) is 5.91 Å². The van der Waals surface area contributed by atoms with Gasteiger partial charge in [-0.05, 0) is 43.5 Å². The minimum atomic E-state index is 0.0834. The maximum absolute atomic E-state index is 12.9. The molecule has 2 N–H and O–H groups in total. The highest BCUT2D eigenvalue weighted by Gasteiger charge is 2.19. The van der Waals surface area contributed by atoms with E-state index in [0.717, 1.165) is 74.8 Å². The molecular formula is C27H35N5O. The second-order valence-corrected chi connectivity index (χ2v) is 8.74. The molecular weight excluding hydrogens is 410 g/mol. The first kappa shape index (κ1) is 23.2. The number of carbonyl (C=O) groups is 1. The van der Waals surface area contributed by atoms with E-state index in [9.17, 15) is 4.79 Å². The van der Waals surface area contributed by atoms with Crippen LogP contribution in [0.1, 0.15) is 37.1 Å². The summed E-state index contributed by atoms with van der Waals surface area (Å²) < 4.78 is 0. The smallest absolute Gasteiger partial charge is 0.238 e. The molecule has 0 spiro atoms. The molecule has 1 fully saturated rings. The summed E-state index contributed by atoms with van der Waals surface area (Å²) in [6.07, 6.45) is 4.83. The molecule has 2 aromatic carbocycles. The number of imidazole rings is 1. The largest absolute Gasteiger partial charge is 0.341 e. The normalized spacial score (nSPS) is 15.3. The van der Waals surface area contributed by atoms with Crippen molar-refractivity contribution in [1.82, 2.24) is 19.8 Å². The molecule has 6 nitrogen and oxygen atoms in total. The fourth-order valence-electron chi connectivity index (χ4n) is 4.55. The third-order valence-electron chi connectivity index (χ3n) is 6.38. The molecule has 2 heterocycles. The number of anilines is 1. The van der Waals surface area contributed by atoms with Gasteiger partial charge in [0.1, 0.15) is 5.82 Å². The first-order valence-electron chi connectivity index (χ1n) is 12.1. The van der Waals surface area contributed by atoms with Crippen LogP contribution in [0, 0.1) is 0 Å². The molecule has 6 heteroatoms. The summed E-state index contributed by atoms with van der Waals surface area (Å²) in [6, 6.07) is 16.5. The Balaban J connectivity index is 1.30. The highest BCUT2D eigenvalue weighted by molar-refractivity contribution is 5.93. The van der Waals surface area contributed by atoms with Gasteiger partial charge in [0.25, 0.3) is 0 Å². The molecule has 4 rings (SSSR count). The Labute approximate surface area is 197 Å². The van der Waals surface area contributed by atoms with Crippen molar-refractivity contribution in [3.63, 3.8) is 0 Å². The molecule has 1 aliphatic heterocycles. The van der Waals surface area contributed by atoms with Crippen LogP contribution in [0.25, 0.3) is 11.4 Å². The van der Waals surface area contributed by atoms with Crippen LogP contribution in [0.5, 0.6) is 0 Å². The van der Waals surface area contributed by atoms with Gasteiger partial charge in [-0.1, -0.05) is 62.4 Å². The first-order chi connectivity index (χ1) is 16.2. The summed E-state index contributed by atoms with van der Waals surface area (Å²) in [7, 11) is 0. The lowest BCUT2D eigenvalue weighted by atomic mass is 10.0. The van der Waals surface area contributed by atoms with Crippen molar-refractivity contribution in [2.24, 2.45) is 0 Å². The minimum Gasteiger partial charge on any atom is -0.341 e. The lowest BCUT2D eigenvalue weighted by Gasteiger charge is -2.22. The predicted molar refractivity (Wildman–Crippen MR) is 134 cm³/mol. The van der Waals surface area contributed by atoms with Crippen LogP contribution in [0.4, 0.5) is 5.69 Å². The van der Waals surface area contributed by atoms with Gasteiger partial charge in [0.15, 0.2) is 0 Å². The Hall–Kier alpha value is -2.96. The number of carbonyl (C=O) groups excluding carboxylic acids is 1. The van der Waals surface area contributed by atoms with Crippen LogP contribution in [-0.2, 0) is 24.2 Å². The molecule has 0 aliphatic carbocycles. The van der Waals surface area contributed by atoms with Gasteiger partial charge in [-0.2, -0.15) is 0 Å². The molecule has 0 saturated carbocycles. The zero-order valence-corrected chi connectivity index (χ0v) is 19.8. The number of aromatic nitrogens is 2. The molecule has 3 aromatic rings. The number of H-pyrrole nitrogens is 1. The van der Waals surface area contributed by atoms with Gasteiger partial charge in [-0.3, -0.25) is 14.6 Å².